The Labute approximate surface area is 108 Å². The molecular formula is C15H19NO2. The molecule has 0 N–H and O–H groups in total. The third-order valence-corrected chi connectivity index (χ3v) is 4.28. The first-order valence-corrected chi connectivity index (χ1v) is 6.81. The highest BCUT2D eigenvalue weighted by molar-refractivity contribution is 5.91. The molecule has 1 aliphatic carbocycles. The lowest BCUT2D eigenvalue weighted by atomic mass is 9.81. The lowest BCUT2D eigenvalue weighted by Gasteiger charge is -2.24. The Morgan fingerprint density at radius 1 is 1.33 bits per heavy atom. The summed E-state index contributed by atoms with van der Waals surface area (Å²) in [7, 11) is 0. The van der Waals surface area contributed by atoms with Crippen LogP contribution in [0.25, 0.3) is 0 Å². The van der Waals surface area contributed by atoms with Crippen LogP contribution in [0.1, 0.15) is 38.2 Å². The Morgan fingerprint density at radius 3 is 2.78 bits per heavy atom. The fourth-order valence-electron chi connectivity index (χ4n) is 3.47. The van der Waals surface area contributed by atoms with Gasteiger partial charge in [-0.1, -0.05) is 31.0 Å². The van der Waals surface area contributed by atoms with E-state index in [1.807, 2.05) is 24.0 Å². The Hall–Kier alpha value is -1.51. The predicted molar refractivity (Wildman–Crippen MR) is 71.0 cm³/mol. The van der Waals surface area contributed by atoms with Crippen molar-refractivity contribution in [3.63, 3.8) is 0 Å². The topological polar surface area (TPSA) is 29.5 Å². The molecule has 1 spiro atoms. The van der Waals surface area contributed by atoms with Gasteiger partial charge >= 0.3 is 6.09 Å². The maximum Gasteiger partial charge on any atom is 0.414 e. The quantitative estimate of drug-likeness (QED) is 0.758. The van der Waals surface area contributed by atoms with Gasteiger partial charge in [0.25, 0.3) is 0 Å². The highest BCUT2D eigenvalue weighted by Gasteiger charge is 2.46. The summed E-state index contributed by atoms with van der Waals surface area (Å²) in [5, 5.41) is 0. The second-order valence-corrected chi connectivity index (χ2v) is 5.29. The Kier molecular flexibility index (Phi) is 2.77. The fraction of sp³-hybridized carbons (Fsp3) is 0.533. The molecule has 2 aliphatic rings. The van der Waals surface area contributed by atoms with Crippen molar-refractivity contribution >= 4 is 11.8 Å². The molecule has 3 nitrogen and oxygen atoms in total. The molecular weight excluding hydrogens is 226 g/mol. The van der Waals surface area contributed by atoms with Crippen molar-refractivity contribution in [2.45, 2.75) is 38.0 Å². The van der Waals surface area contributed by atoms with E-state index in [1.165, 1.54) is 31.2 Å². The number of benzene rings is 1. The van der Waals surface area contributed by atoms with Crippen LogP contribution >= 0.6 is 0 Å². The van der Waals surface area contributed by atoms with Crippen LogP contribution in [-0.2, 0) is 10.2 Å². The zero-order valence-corrected chi connectivity index (χ0v) is 10.8. The molecule has 0 aromatic heterocycles. The molecule has 1 aliphatic heterocycles. The number of hydrogen-bond acceptors (Lipinski definition) is 2. The average molecular weight is 245 g/mol. The zero-order valence-electron chi connectivity index (χ0n) is 10.8. The largest absolute Gasteiger partial charge is 0.449 e. The van der Waals surface area contributed by atoms with Gasteiger partial charge in [0.15, 0.2) is 0 Å². The first kappa shape index (κ1) is 11.6. The van der Waals surface area contributed by atoms with Crippen molar-refractivity contribution in [1.29, 1.82) is 0 Å². The number of ether oxygens (including phenoxy) is 1. The van der Waals surface area contributed by atoms with E-state index < -0.39 is 0 Å². The number of amides is 1. The van der Waals surface area contributed by atoms with Gasteiger partial charge in [0.2, 0.25) is 0 Å². The number of anilines is 1. The molecule has 0 radical (unpaired) electrons. The molecule has 0 unspecified atom stereocenters. The monoisotopic (exact) mass is 245 g/mol. The van der Waals surface area contributed by atoms with Gasteiger partial charge in [-0.25, -0.2) is 4.79 Å². The molecule has 1 aromatic carbocycles. The van der Waals surface area contributed by atoms with Crippen LogP contribution in [0, 0.1) is 0 Å². The van der Waals surface area contributed by atoms with Crippen molar-refractivity contribution < 1.29 is 9.53 Å². The smallest absolute Gasteiger partial charge is 0.414 e. The molecule has 1 saturated carbocycles. The summed E-state index contributed by atoms with van der Waals surface area (Å²) in [5.74, 6) is 0. The van der Waals surface area contributed by atoms with E-state index in [0.717, 1.165) is 12.2 Å². The molecule has 1 amide bonds. The van der Waals surface area contributed by atoms with Crippen molar-refractivity contribution in [3.8, 4) is 0 Å². The highest BCUT2D eigenvalue weighted by Crippen LogP contribution is 2.50. The van der Waals surface area contributed by atoms with Crippen LogP contribution < -0.4 is 4.90 Å². The maximum atomic E-state index is 12.1. The van der Waals surface area contributed by atoms with E-state index in [-0.39, 0.29) is 11.5 Å². The Bertz CT molecular complexity index is 463. The lowest BCUT2D eigenvalue weighted by molar-refractivity contribution is 0.159. The minimum Gasteiger partial charge on any atom is -0.449 e. The van der Waals surface area contributed by atoms with Crippen molar-refractivity contribution in [2.24, 2.45) is 0 Å². The Balaban J connectivity index is 1.99. The van der Waals surface area contributed by atoms with Gasteiger partial charge in [-0.15, -0.1) is 0 Å². The number of carbonyl (C=O) groups is 1. The van der Waals surface area contributed by atoms with E-state index in [9.17, 15) is 4.79 Å². The molecule has 1 fully saturated rings. The second-order valence-electron chi connectivity index (χ2n) is 5.29. The number of fused-ring (bicyclic) bond motifs is 2. The molecule has 3 rings (SSSR count). The van der Waals surface area contributed by atoms with Gasteiger partial charge in [-0.2, -0.15) is 0 Å². The predicted octanol–water partition coefficient (Wildman–Crippen LogP) is 3.47. The van der Waals surface area contributed by atoms with E-state index >= 15 is 0 Å². The number of hydrogen-bond donors (Lipinski definition) is 0. The Morgan fingerprint density at radius 2 is 2.06 bits per heavy atom. The standard InChI is InChI=1S/C15H19NO2/c1-2-18-14(17)16-11-15(9-5-6-10-15)12-7-3-4-8-13(12)16/h3-4,7-8H,2,5-6,9-11H2,1H3. The van der Waals surface area contributed by atoms with Crippen LogP contribution in [0.15, 0.2) is 24.3 Å². The molecule has 3 heteroatoms. The SMILES string of the molecule is CCOC(=O)N1CC2(CCCC2)c2ccccc21. The van der Waals surface area contributed by atoms with E-state index in [2.05, 4.69) is 12.1 Å². The second kappa shape index (κ2) is 4.30. The first-order valence-electron chi connectivity index (χ1n) is 6.81. The van der Waals surface area contributed by atoms with Crippen molar-refractivity contribution in [2.75, 3.05) is 18.1 Å². The van der Waals surface area contributed by atoms with Gasteiger partial charge in [-0.3, -0.25) is 4.90 Å². The molecule has 18 heavy (non-hydrogen) atoms. The van der Waals surface area contributed by atoms with E-state index in [1.54, 1.807) is 0 Å². The third-order valence-electron chi connectivity index (χ3n) is 4.28. The molecule has 1 heterocycles. The summed E-state index contributed by atoms with van der Waals surface area (Å²) < 4.78 is 5.17. The van der Waals surface area contributed by atoms with Gasteiger partial charge in [0.05, 0.1) is 12.3 Å². The fourth-order valence-corrected chi connectivity index (χ4v) is 3.47. The van der Waals surface area contributed by atoms with Crippen molar-refractivity contribution in [3.05, 3.63) is 29.8 Å². The summed E-state index contributed by atoms with van der Waals surface area (Å²) in [4.78, 5) is 13.9. The minimum absolute atomic E-state index is 0.198. The van der Waals surface area contributed by atoms with Crippen LogP contribution in [0.4, 0.5) is 10.5 Å². The lowest BCUT2D eigenvalue weighted by Crippen LogP contribution is -2.35. The highest BCUT2D eigenvalue weighted by atomic mass is 16.6. The summed E-state index contributed by atoms with van der Waals surface area (Å²) >= 11 is 0. The van der Waals surface area contributed by atoms with E-state index in [4.69, 9.17) is 4.74 Å². The number of nitrogens with zero attached hydrogens (tertiary/aromatic N) is 1. The van der Waals surface area contributed by atoms with Crippen LogP contribution in [-0.4, -0.2) is 19.2 Å². The van der Waals surface area contributed by atoms with Gasteiger partial charge in [0.1, 0.15) is 0 Å². The first-order chi connectivity index (χ1) is 8.77. The van der Waals surface area contributed by atoms with Crippen LogP contribution in [0.5, 0.6) is 0 Å². The summed E-state index contributed by atoms with van der Waals surface area (Å²) in [6.07, 6.45) is 4.73. The van der Waals surface area contributed by atoms with Crippen LogP contribution in [0.2, 0.25) is 0 Å². The maximum absolute atomic E-state index is 12.1. The van der Waals surface area contributed by atoms with Crippen molar-refractivity contribution in [1.82, 2.24) is 0 Å². The molecule has 0 atom stereocenters. The zero-order chi connectivity index (χ0) is 12.6. The molecule has 0 saturated heterocycles. The number of para-hydroxylation sites is 1. The summed E-state index contributed by atoms with van der Waals surface area (Å²) in [6.45, 7) is 3.08. The van der Waals surface area contributed by atoms with Gasteiger partial charge < -0.3 is 4.74 Å². The summed E-state index contributed by atoms with van der Waals surface area (Å²) in [5.41, 5.74) is 2.59. The molecule has 96 valence electrons. The van der Waals surface area contributed by atoms with E-state index in [0.29, 0.717) is 6.61 Å². The summed E-state index contributed by atoms with van der Waals surface area (Å²) in [6, 6.07) is 8.30. The number of carbonyl (C=O) groups excluding carboxylic acids is 1. The molecule has 1 aromatic rings. The molecule has 0 bridgehead atoms. The minimum atomic E-state index is -0.200. The average Bonchev–Trinajstić information content (AvgIpc) is 2.98. The van der Waals surface area contributed by atoms with Gasteiger partial charge in [-0.05, 0) is 31.4 Å². The van der Waals surface area contributed by atoms with Crippen LogP contribution in [0.3, 0.4) is 0 Å². The number of rotatable bonds is 1. The third kappa shape index (κ3) is 1.61. The van der Waals surface area contributed by atoms with Gasteiger partial charge in [0, 0.05) is 12.0 Å². The normalized spacial score (nSPS) is 20.2.